The first kappa shape index (κ1) is 10.1. The maximum absolute atomic E-state index is 10.2. The third kappa shape index (κ3) is 2.68. The predicted octanol–water partition coefficient (Wildman–Crippen LogP) is -0.472. The van der Waals surface area contributed by atoms with Crippen LogP contribution in [-0.4, -0.2) is 51.3 Å². The van der Waals surface area contributed by atoms with Crippen molar-refractivity contribution in [1.82, 2.24) is 0 Å². The number of epoxide rings is 1. The van der Waals surface area contributed by atoms with Crippen LogP contribution in [0.5, 0.6) is 0 Å². The van der Waals surface area contributed by atoms with Crippen molar-refractivity contribution >= 4 is 37.2 Å². The van der Waals surface area contributed by atoms with Gasteiger partial charge in [0.25, 0.3) is 0 Å². The first-order valence-electron chi connectivity index (χ1n) is 2.22. The molecule has 0 amide bonds. The van der Waals surface area contributed by atoms with Crippen LogP contribution < -0.4 is 0 Å². The molecule has 0 aromatic carbocycles. The molecular weight excluding hydrogens is 154 g/mol. The smallest absolute Gasteiger partial charge is 0.356 e. The van der Waals surface area contributed by atoms with Crippen molar-refractivity contribution in [3.8, 4) is 0 Å². The second-order valence-corrected chi connectivity index (χ2v) is 3.51. The third-order valence-electron chi connectivity index (χ3n) is 1.01. The van der Waals surface area contributed by atoms with E-state index in [0.29, 0.717) is 0 Å². The average Bonchev–Trinajstić information content (AvgIpc) is 2.13. The molecule has 0 spiro atoms. The molecule has 0 unspecified atom stereocenters. The van der Waals surface area contributed by atoms with E-state index in [1.807, 2.05) is 0 Å². The molecule has 4 nitrogen and oxygen atoms in total. The van der Waals surface area contributed by atoms with E-state index in [1.54, 1.807) is 6.92 Å². The van der Waals surface area contributed by atoms with Crippen LogP contribution in [0, 0.1) is 0 Å². The van der Waals surface area contributed by atoms with Gasteiger partial charge >= 0.3 is 7.60 Å². The molecule has 9 heavy (non-hydrogen) atoms. The normalized spacial score (nSPS) is 33.2. The van der Waals surface area contributed by atoms with Gasteiger partial charge in [-0.25, -0.2) is 0 Å². The molecule has 1 saturated heterocycles. The largest absolute Gasteiger partial charge is 0.356 e. The predicted molar refractivity (Wildman–Crippen MR) is 32.1 cm³/mol. The van der Waals surface area contributed by atoms with Crippen LogP contribution in [0.15, 0.2) is 0 Å². The fraction of sp³-hybridized carbons (Fsp3) is 1.00. The van der Waals surface area contributed by atoms with Gasteiger partial charge in [0.15, 0.2) is 5.85 Å². The molecule has 1 radical (unpaired) electrons. The molecule has 0 bridgehead atoms. The minimum Gasteiger partial charge on any atom is -0.356 e. The Labute approximate surface area is 75.0 Å². The topological polar surface area (TPSA) is 70.1 Å². The molecular formula is C3H7NaO4P. The summed E-state index contributed by atoms with van der Waals surface area (Å²) in [5.41, 5.74) is 0. The second-order valence-electron chi connectivity index (χ2n) is 1.82. The Morgan fingerprint density at radius 1 is 1.56 bits per heavy atom. The van der Waals surface area contributed by atoms with Gasteiger partial charge < -0.3 is 14.5 Å². The Morgan fingerprint density at radius 2 is 1.89 bits per heavy atom. The molecule has 2 atom stereocenters. The summed E-state index contributed by atoms with van der Waals surface area (Å²) in [6, 6.07) is 0. The van der Waals surface area contributed by atoms with Gasteiger partial charge in [-0.15, -0.1) is 0 Å². The minimum atomic E-state index is -3.90. The quantitative estimate of drug-likeness (QED) is 0.310. The van der Waals surface area contributed by atoms with Crippen molar-refractivity contribution in [2.75, 3.05) is 0 Å². The monoisotopic (exact) mass is 161 g/mol. The van der Waals surface area contributed by atoms with Crippen LogP contribution in [0.2, 0.25) is 0 Å². The van der Waals surface area contributed by atoms with E-state index >= 15 is 0 Å². The Bertz CT molecular complexity index is 143. The van der Waals surface area contributed by atoms with Gasteiger partial charge in [0, 0.05) is 29.6 Å². The van der Waals surface area contributed by atoms with Crippen LogP contribution in [0.4, 0.5) is 0 Å². The zero-order valence-corrected chi connectivity index (χ0v) is 8.21. The molecule has 1 aliphatic heterocycles. The van der Waals surface area contributed by atoms with Gasteiger partial charge in [-0.3, -0.25) is 4.57 Å². The van der Waals surface area contributed by atoms with Crippen molar-refractivity contribution in [1.29, 1.82) is 0 Å². The average molecular weight is 161 g/mol. The molecule has 1 aliphatic rings. The van der Waals surface area contributed by atoms with E-state index in [1.165, 1.54) is 0 Å². The Hall–Kier alpha value is 1.11. The van der Waals surface area contributed by atoms with Crippen molar-refractivity contribution in [2.24, 2.45) is 0 Å². The van der Waals surface area contributed by atoms with Gasteiger partial charge in [-0.1, -0.05) is 0 Å². The van der Waals surface area contributed by atoms with Crippen molar-refractivity contribution in [3.63, 3.8) is 0 Å². The molecule has 6 heteroatoms. The summed E-state index contributed by atoms with van der Waals surface area (Å²) in [5.74, 6) is -0.817. The Morgan fingerprint density at radius 3 is 1.89 bits per heavy atom. The zero-order valence-electron chi connectivity index (χ0n) is 5.31. The van der Waals surface area contributed by atoms with Gasteiger partial charge in [0.2, 0.25) is 0 Å². The van der Waals surface area contributed by atoms with Crippen molar-refractivity contribution in [2.45, 2.75) is 18.9 Å². The molecule has 0 saturated carbocycles. The van der Waals surface area contributed by atoms with Crippen LogP contribution in [0.25, 0.3) is 0 Å². The summed E-state index contributed by atoms with van der Waals surface area (Å²) >= 11 is 0. The minimum absolute atomic E-state index is 0. The zero-order chi connectivity index (χ0) is 6.36. The fourth-order valence-electron chi connectivity index (χ4n) is 0.527. The molecule has 1 heterocycles. The molecule has 0 aliphatic carbocycles. The molecule has 0 aromatic heterocycles. The van der Waals surface area contributed by atoms with Crippen LogP contribution in [-0.2, 0) is 9.30 Å². The van der Waals surface area contributed by atoms with Gasteiger partial charge in [-0.2, -0.15) is 0 Å². The van der Waals surface area contributed by atoms with Crippen LogP contribution in [0.1, 0.15) is 6.92 Å². The van der Waals surface area contributed by atoms with Gasteiger partial charge in [-0.05, 0) is 6.92 Å². The van der Waals surface area contributed by atoms with E-state index in [2.05, 4.69) is 4.74 Å². The van der Waals surface area contributed by atoms with Crippen LogP contribution >= 0.6 is 7.60 Å². The van der Waals surface area contributed by atoms with E-state index in [0.717, 1.165) is 0 Å². The standard InChI is InChI=1S/C3H7O4P.Na/c1-2-3(7-2)8(4,5)6;/h2-3H,1H3,(H2,4,5,6);/t2-,3+;/m0./s1. The summed E-state index contributed by atoms with van der Waals surface area (Å²) in [6.07, 6.45) is -0.254. The van der Waals surface area contributed by atoms with Crippen molar-refractivity contribution < 1.29 is 19.1 Å². The first-order chi connectivity index (χ1) is 3.52. The van der Waals surface area contributed by atoms with Gasteiger partial charge in [0.05, 0.1) is 6.10 Å². The number of ether oxygens (including phenoxy) is 1. The van der Waals surface area contributed by atoms with E-state index < -0.39 is 13.4 Å². The number of hydrogen-bond donors (Lipinski definition) is 2. The summed E-state index contributed by atoms with van der Waals surface area (Å²) in [7, 11) is -3.90. The molecule has 1 fully saturated rings. The maximum Gasteiger partial charge on any atom is 0.356 e. The third-order valence-corrected chi connectivity index (χ3v) is 2.22. The summed E-state index contributed by atoms with van der Waals surface area (Å²) in [4.78, 5) is 16.6. The summed E-state index contributed by atoms with van der Waals surface area (Å²) in [5, 5.41) is 0. The number of rotatable bonds is 1. The molecule has 49 valence electrons. The maximum atomic E-state index is 10.2. The molecule has 0 aromatic rings. The fourth-order valence-corrected chi connectivity index (χ4v) is 1.42. The van der Waals surface area contributed by atoms with E-state index in [9.17, 15) is 4.57 Å². The Kier molecular flexibility index (Phi) is 3.38. The van der Waals surface area contributed by atoms with Crippen molar-refractivity contribution in [3.05, 3.63) is 0 Å². The van der Waals surface area contributed by atoms with Gasteiger partial charge in [0.1, 0.15) is 0 Å². The molecule has 1 rings (SSSR count). The summed E-state index contributed by atoms with van der Waals surface area (Å²) < 4.78 is 14.7. The second kappa shape index (κ2) is 3.01. The molecule has 2 N–H and O–H groups in total. The van der Waals surface area contributed by atoms with E-state index in [-0.39, 0.29) is 35.7 Å². The van der Waals surface area contributed by atoms with E-state index in [4.69, 9.17) is 9.79 Å². The van der Waals surface area contributed by atoms with Crippen LogP contribution in [0.3, 0.4) is 0 Å². The summed E-state index contributed by atoms with van der Waals surface area (Å²) in [6.45, 7) is 1.63. The SMILES string of the molecule is C[C@@H]1O[C@@H]1P(=O)(O)O.[Na]. The number of hydrogen-bond acceptors (Lipinski definition) is 2. The Balaban J connectivity index is 0.000000640. The first-order valence-corrected chi connectivity index (χ1v) is 3.90.